The van der Waals surface area contributed by atoms with Crippen LogP contribution in [-0.2, 0) is 4.74 Å². The predicted molar refractivity (Wildman–Crippen MR) is 71.3 cm³/mol. The highest BCUT2D eigenvalue weighted by molar-refractivity contribution is 4.96. The van der Waals surface area contributed by atoms with E-state index in [4.69, 9.17) is 4.74 Å². The molecular weight excluding hydrogens is 212 g/mol. The van der Waals surface area contributed by atoms with Crippen molar-refractivity contribution in [3.63, 3.8) is 0 Å². The van der Waals surface area contributed by atoms with E-state index in [0.717, 1.165) is 12.5 Å². The maximum atomic E-state index is 5.44. The molecule has 3 nitrogen and oxygen atoms in total. The summed E-state index contributed by atoms with van der Waals surface area (Å²) < 4.78 is 5.44. The Morgan fingerprint density at radius 2 is 2.29 bits per heavy atom. The van der Waals surface area contributed by atoms with Crippen molar-refractivity contribution in [1.82, 2.24) is 10.2 Å². The third-order valence-corrected chi connectivity index (χ3v) is 4.48. The van der Waals surface area contributed by atoms with E-state index in [2.05, 4.69) is 24.1 Å². The number of nitrogens with zero attached hydrogens (tertiary/aromatic N) is 1. The maximum Gasteiger partial charge on any atom is 0.0644 e. The van der Waals surface area contributed by atoms with E-state index in [1.54, 1.807) is 0 Å². The lowest BCUT2D eigenvalue weighted by atomic mass is 9.86. The van der Waals surface area contributed by atoms with Gasteiger partial charge < -0.3 is 15.0 Å². The fraction of sp³-hybridized carbons (Fsp3) is 1.00. The smallest absolute Gasteiger partial charge is 0.0644 e. The summed E-state index contributed by atoms with van der Waals surface area (Å²) in [6.07, 6.45) is 5.26. The molecule has 2 heterocycles. The normalized spacial score (nSPS) is 34.9. The van der Waals surface area contributed by atoms with Gasteiger partial charge in [-0.1, -0.05) is 0 Å². The number of nitrogens with one attached hydrogen (secondary N) is 1. The Morgan fingerprint density at radius 3 is 2.82 bits per heavy atom. The zero-order valence-corrected chi connectivity index (χ0v) is 11.7. The number of likely N-dealkylation sites (tertiary alicyclic amines) is 1. The van der Waals surface area contributed by atoms with E-state index in [-0.39, 0.29) is 5.54 Å². The molecule has 0 aromatic heterocycles. The Bertz CT molecular complexity index is 236. The summed E-state index contributed by atoms with van der Waals surface area (Å²) in [5, 5.41) is 3.70. The van der Waals surface area contributed by atoms with Crippen molar-refractivity contribution in [2.24, 2.45) is 5.92 Å². The van der Waals surface area contributed by atoms with Gasteiger partial charge in [-0.2, -0.15) is 0 Å². The molecular formula is C14H28N2O. The number of ether oxygens (including phenoxy) is 1. The lowest BCUT2D eigenvalue weighted by molar-refractivity contribution is 0.102. The first-order valence-corrected chi connectivity index (χ1v) is 7.13. The van der Waals surface area contributed by atoms with Crippen molar-refractivity contribution in [2.45, 2.75) is 51.1 Å². The monoisotopic (exact) mass is 240 g/mol. The van der Waals surface area contributed by atoms with Crippen molar-refractivity contribution in [1.29, 1.82) is 0 Å². The number of hydrogen-bond donors (Lipinski definition) is 1. The van der Waals surface area contributed by atoms with Crippen molar-refractivity contribution < 1.29 is 4.74 Å². The van der Waals surface area contributed by atoms with Gasteiger partial charge in [0.15, 0.2) is 0 Å². The first kappa shape index (κ1) is 13.3. The highest BCUT2D eigenvalue weighted by Gasteiger charge is 2.37. The Balaban J connectivity index is 1.87. The van der Waals surface area contributed by atoms with Crippen LogP contribution >= 0.6 is 0 Å². The molecule has 0 saturated carbocycles. The largest absolute Gasteiger partial charge is 0.383 e. The lowest BCUT2D eigenvalue weighted by Crippen LogP contribution is -2.46. The molecule has 2 aliphatic heterocycles. The first-order valence-electron chi connectivity index (χ1n) is 7.13. The molecule has 0 bridgehead atoms. The summed E-state index contributed by atoms with van der Waals surface area (Å²) in [6.45, 7) is 9.23. The van der Waals surface area contributed by atoms with Gasteiger partial charge in [0.1, 0.15) is 0 Å². The van der Waals surface area contributed by atoms with Gasteiger partial charge in [-0.25, -0.2) is 0 Å². The van der Waals surface area contributed by atoms with Crippen molar-refractivity contribution in [2.75, 3.05) is 33.4 Å². The molecule has 1 N–H and O–H groups in total. The summed E-state index contributed by atoms with van der Waals surface area (Å²) in [4.78, 5) is 2.61. The van der Waals surface area contributed by atoms with Gasteiger partial charge >= 0.3 is 0 Å². The molecule has 0 aromatic carbocycles. The zero-order chi connectivity index (χ0) is 12.3. The Morgan fingerprint density at radius 1 is 1.47 bits per heavy atom. The maximum absolute atomic E-state index is 5.44. The van der Waals surface area contributed by atoms with Crippen LogP contribution in [0, 0.1) is 5.92 Å². The van der Waals surface area contributed by atoms with Gasteiger partial charge in [0.25, 0.3) is 0 Å². The van der Waals surface area contributed by atoms with Crippen LogP contribution in [0.4, 0.5) is 0 Å². The Labute approximate surface area is 106 Å². The Hall–Kier alpha value is -0.120. The fourth-order valence-electron chi connectivity index (χ4n) is 3.55. The number of methoxy groups -OCH3 is 1. The second-order valence-corrected chi connectivity index (χ2v) is 6.19. The molecule has 0 spiro atoms. The molecule has 2 atom stereocenters. The average Bonchev–Trinajstić information content (AvgIpc) is 2.89. The van der Waals surface area contributed by atoms with E-state index in [9.17, 15) is 0 Å². The minimum absolute atomic E-state index is 0.284. The van der Waals surface area contributed by atoms with Crippen molar-refractivity contribution >= 4 is 0 Å². The van der Waals surface area contributed by atoms with Gasteiger partial charge in [0, 0.05) is 25.2 Å². The van der Waals surface area contributed by atoms with Gasteiger partial charge in [-0.05, 0) is 58.5 Å². The van der Waals surface area contributed by atoms with Crippen molar-refractivity contribution in [3.05, 3.63) is 0 Å². The topological polar surface area (TPSA) is 24.5 Å². The molecule has 2 saturated heterocycles. The predicted octanol–water partition coefficient (Wildman–Crippen LogP) is 1.88. The molecule has 0 amide bonds. The molecule has 0 aromatic rings. The highest BCUT2D eigenvalue weighted by atomic mass is 16.5. The summed E-state index contributed by atoms with van der Waals surface area (Å²) >= 11 is 0. The van der Waals surface area contributed by atoms with Crippen LogP contribution in [0.15, 0.2) is 0 Å². The third-order valence-electron chi connectivity index (χ3n) is 4.48. The Kier molecular flexibility index (Phi) is 4.45. The molecule has 17 heavy (non-hydrogen) atoms. The lowest BCUT2D eigenvalue weighted by Gasteiger charge is -2.32. The summed E-state index contributed by atoms with van der Waals surface area (Å²) in [5.41, 5.74) is 0.284. The second kappa shape index (κ2) is 5.68. The molecule has 2 fully saturated rings. The summed E-state index contributed by atoms with van der Waals surface area (Å²) in [6, 6.07) is 0.704. The quantitative estimate of drug-likeness (QED) is 0.794. The van der Waals surface area contributed by atoms with Gasteiger partial charge in [0.05, 0.1) is 6.61 Å². The van der Waals surface area contributed by atoms with Crippen LogP contribution < -0.4 is 5.32 Å². The first-order chi connectivity index (χ1) is 8.15. The van der Waals surface area contributed by atoms with Crippen LogP contribution in [0.3, 0.4) is 0 Å². The van der Waals surface area contributed by atoms with Gasteiger partial charge in [0.2, 0.25) is 0 Å². The minimum Gasteiger partial charge on any atom is -0.383 e. The summed E-state index contributed by atoms with van der Waals surface area (Å²) in [7, 11) is 1.83. The third kappa shape index (κ3) is 3.21. The SMILES string of the molecule is COCC1(CC2CCN(C(C)C)C2)CCCN1. The molecule has 2 aliphatic rings. The standard InChI is InChI=1S/C14H28N2O/c1-12(2)16-8-5-13(10-16)9-14(11-17-3)6-4-7-15-14/h12-13,15H,4-11H2,1-3H3. The average molecular weight is 240 g/mol. The summed E-state index contributed by atoms with van der Waals surface area (Å²) in [5.74, 6) is 0.859. The molecule has 100 valence electrons. The van der Waals surface area contributed by atoms with Crippen molar-refractivity contribution in [3.8, 4) is 0 Å². The van der Waals surface area contributed by atoms with Gasteiger partial charge in [-0.3, -0.25) is 0 Å². The zero-order valence-electron chi connectivity index (χ0n) is 11.7. The van der Waals surface area contributed by atoms with Crippen LogP contribution in [0.25, 0.3) is 0 Å². The van der Waals surface area contributed by atoms with E-state index in [0.29, 0.717) is 6.04 Å². The molecule has 2 unspecified atom stereocenters. The molecule has 3 heteroatoms. The van der Waals surface area contributed by atoms with E-state index in [1.165, 1.54) is 45.3 Å². The highest BCUT2D eigenvalue weighted by Crippen LogP contribution is 2.32. The molecule has 2 rings (SSSR count). The van der Waals surface area contributed by atoms with Crippen LogP contribution in [-0.4, -0.2) is 49.8 Å². The number of rotatable bonds is 5. The van der Waals surface area contributed by atoms with Gasteiger partial charge in [-0.15, -0.1) is 0 Å². The van der Waals surface area contributed by atoms with Crippen LogP contribution in [0.2, 0.25) is 0 Å². The minimum atomic E-state index is 0.284. The van der Waals surface area contributed by atoms with E-state index < -0.39 is 0 Å². The second-order valence-electron chi connectivity index (χ2n) is 6.19. The van der Waals surface area contributed by atoms with E-state index >= 15 is 0 Å². The fourth-order valence-corrected chi connectivity index (χ4v) is 3.55. The van der Waals surface area contributed by atoms with E-state index in [1.807, 2.05) is 7.11 Å². The van der Waals surface area contributed by atoms with Crippen LogP contribution in [0.1, 0.15) is 39.5 Å². The number of hydrogen-bond acceptors (Lipinski definition) is 3. The van der Waals surface area contributed by atoms with Crippen LogP contribution in [0.5, 0.6) is 0 Å². The molecule has 0 aliphatic carbocycles. The molecule has 0 radical (unpaired) electrons.